The number of para-hydroxylation sites is 1. The second-order valence-electron chi connectivity index (χ2n) is 5.38. The Balaban J connectivity index is 1.66. The molecule has 3 rings (SSSR count). The van der Waals surface area contributed by atoms with Crippen LogP contribution in [0.25, 0.3) is 0 Å². The first kappa shape index (κ1) is 13.6. The quantitative estimate of drug-likeness (QED) is 0.903. The summed E-state index contributed by atoms with van der Waals surface area (Å²) in [5.41, 5.74) is 3.34. The zero-order valence-electron chi connectivity index (χ0n) is 11.8. The fourth-order valence-corrected chi connectivity index (χ4v) is 2.65. The number of hydrogen-bond donors (Lipinski definition) is 2. The Morgan fingerprint density at radius 3 is 2.95 bits per heavy atom. The van der Waals surface area contributed by atoms with Crippen LogP contribution in [0.3, 0.4) is 0 Å². The fraction of sp³-hybridized carbons (Fsp3) is 0.235. The van der Waals surface area contributed by atoms with Crippen molar-refractivity contribution in [3.05, 3.63) is 59.4 Å². The number of amides is 1. The lowest BCUT2D eigenvalue weighted by Crippen LogP contribution is -2.16. The smallest absolute Gasteiger partial charge is 0.225 e. The van der Waals surface area contributed by atoms with E-state index in [1.807, 2.05) is 24.3 Å². The molecule has 1 aliphatic rings. The molecule has 2 N–H and O–H groups in total. The van der Waals surface area contributed by atoms with Crippen LogP contribution in [-0.4, -0.2) is 12.5 Å². The minimum Gasteiger partial charge on any atom is -0.384 e. The van der Waals surface area contributed by atoms with Crippen molar-refractivity contribution in [2.45, 2.75) is 19.3 Å². The van der Waals surface area contributed by atoms with Crippen molar-refractivity contribution in [3.8, 4) is 0 Å². The van der Waals surface area contributed by atoms with E-state index in [1.54, 1.807) is 19.1 Å². The molecule has 0 aliphatic carbocycles. The van der Waals surface area contributed by atoms with Crippen LogP contribution < -0.4 is 10.6 Å². The molecule has 0 spiro atoms. The summed E-state index contributed by atoms with van der Waals surface area (Å²) in [5, 5.41) is 6.06. The van der Waals surface area contributed by atoms with Crippen molar-refractivity contribution in [1.29, 1.82) is 0 Å². The van der Waals surface area contributed by atoms with Gasteiger partial charge in [-0.1, -0.05) is 24.3 Å². The summed E-state index contributed by atoms with van der Waals surface area (Å²) in [6, 6.07) is 12.7. The van der Waals surface area contributed by atoms with Crippen molar-refractivity contribution in [1.82, 2.24) is 0 Å². The molecule has 1 unspecified atom stereocenters. The van der Waals surface area contributed by atoms with Gasteiger partial charge in [0.1, 0.15) is 5.82 Å². The first-order valence-corrected chi connectivity index (χ1v) is 7.02. The van der Waals surface area contributed by atoms with Crippen molar-refractivity contribution in [2.24, 2.45) is 0 Å². The highest BCUT2D eigenvalue weighted by molar-refractivity contribution is 5.91. The van der Waals surface area contributed by atoms with E-state index in [0.29, 0.717) is 17.7 Å². The zero-order chi connectivity index (χ0) is 14.8. The number of halogens is 1. The van der Waals surface area contributed by atoms with E-state index in [2.05, 4.69) is 10.6 Å². The molecule has 3 nitrogen and oxygen atoms in total. The Morgan fingerprint density at radius 1 is 1.33 bits per heavy atom. The molecule has 0 fully saturated rings. The van der Waals surface area contributed by atoms with Gasteiger partial charge < -0.3 is 10.6 Å². The number of aryl methyl sites for hydroxylation is 1. The minimum absolute atomic E-state index is 0.0956. The number of hydrogen-bond acceptors (Lipinski definition) is 2. The van der Waals surface area contributed by atoms with Gasteiger partial charge in [0.25, 0.3) is 0 Å². The summed E-state index contributed by atoms with van der Waals surface area (Å²) in [7, 11) is 0. The molecule has 0 saturated carbocycles. The molecule has 108 valence electrons. The van der Waals surface area contributed by atoms with Crippen LogP contribution in [0.2, 0.25) is 0 Å². The largest absolute Gasteiger partial charge is 0.384 e. The molecule has 21 heavy (non-hydrogen) atoms. The molecule has 1 aliphatic heterocycles. The van der Waals surface area contributed by atoms with Gasteiger partial charge in [-0.25, -0.2) is 4.39 Å². The van der Waals surface area contributed by atoms with E-state index in [0.717, 1.165) is 12.2 Å². The molecule has 1 atom stereocenters. The van der Waals surface area contributed by atoms with Crippen LogP contribution in [0.4, 0.5) is 15.8 Å². The number of rotatable bonds is 3. The van der Waals surface area contributed by atoms with Gasteiger partial charge in [0.2, 0.25) is 5.91 Å². The van der Waals surface area contributed by atoms with Gasteiger partial charge >= 0.3 is 0 Å². The van der Waals surface area contributed by atoms with E-state index in [4.69, 9.17) is 0 Å². The average molecular weight is 284 g/mol. The van der Waals surface area contributed by atoms with Crippen molar-refractivity contribution in [2.75, 3.05) is 17.2 Å². The van der Waals surface area contributed by atoms with Gasteiger partial charge in [0.05, 0.1) is 0 Å². The summed E-state index contributed by atoms with van der Waals surface area (Å²) < 4.78 is 13.5. The van der Waals surface area contributed by atoms with Crippen molar-refractivity contribution in [3.63, 3.8) is 0 Å². The topological polar surface area (TPSA) is 41.1 Å². The van der Waals surface area contributed by atoms with E-state index >= 15 is 0 Å². The number of carbonyl (C=O) groups excluding carboxylic acids is 1. The maximum Gasteiger partial charge on any atom is 0.225 e. The fourth-order valence-electron chi connectivity index (χ4n) is 2.65. The molecule has 1 amide bonds. The van der Waals surface area contributed by atoms with E-state index in [1.165, 1.54) is 11.6 Å². The first-order valence-electron chi connectivity index (χ1n) is 7.02. The Kier molecular flexibility index (Phi) is 3.60. The first-order chi connectivity index (χ1) is 10.1. The minimum atomic E-state index is -0.305. The Bertz CT molecular complexity index is 684. The van der Waals surface area contributed by atoms with Gasteiger partial charge in [-0.05, 0) is 36.2 Å². The second-order valence-corrected chi connectivity index (χ2v) is 5.38. The van der Waals surface area contributed by atoms with Crippen LogP contribution in [0.1, 0.15) is 23.5 Å². The van der Waals surface area contributed by atoms with Gasteiger partial charge in [0, 0.05) is 30.3 Å². The normalized spacial score (nSPS) is 16.2. The van der Waals surface area contributed by atoms with Crippen LogP contribution in [0.15, 0.2) is 42.5 Å². The van der Waals surface area contributed by atoms with Crippen LogP contribution >= 0.6 is 0 Å². The number of anilines is 2. The summed E-state index contributed by atoms with van der Waals surface area (Å²) in [4.78, 5) is 12.1. The molecule has 2 aromatic carbocycles. The zero-order valence-corrected chi connectivity index (χ0v) is 11.8. The van der Waals surface area contributed by atoms with Crippen molar-refractivity contribution < 1.29 is 9.18 Å². The third-order valence-corrected chi connectivity index (χ3v) is 3.83. The highest BCUT2D eigenvalue weighted by atomic mass is 19.1. The van der Waals surface area contributed by atoms with E-state index in [9.17, 15) is 9.18 Å². The van der Waals surface area contributed by atoms with E-state index in [-0.39, 0.29) is 17.6 Å². The molecule has 0 aromatic heterocycles. The Hall–Kier alpha value is -2.36. The molecule has 0 saturated heterocycles. The molecule has 1 heterocycles. The summed E-state index contributed by atoms with van der Waals surface area (Å²) in [6.07, 6.45) is 0.388. The van der Waals surface area contributed by atoms with Crippen LogP contribution in [0.5, 0.6) is 0 Å². The number of nitrogens with one attached hydrogen (secondary N) is 2. The third-order valence-electron chi connectivity index (χ3n) is 3.83. The SMILES string of the molecule is Cc1ccc(NC(=O)CC2CNc3ccccc32)cc1F. The van der Waals surface area contributed by atoms with Crippen molar-refractivity contribution >= 4 is 17.3 Å². The number of carbonyl (C=O) groups is 1. The number of fused-ring (bicyclic) bond motifs is 1. The highest BCUT2D eigenvalue weighted by Gasteiger charge is 2.23. The monoisotopic (exact) mass is 284 g/mol. The Labute approximate surface area is 123 Å². The lowest BCUT2D eigenvalue weighted by atomic mass is 9.97. The summed E-state index contributed by atoms with van der Waals surface area (Å²) in [5.74, 6) is -0.237. The maximum atomic E-state index is 13.5. The third kappa shape index (κ3) is 2.89. The van der Waals surface area contributed by atoms with Gasteiger partial charge in [-0.15, -0.1) is 0 Å². The highest BCUT2D eigenvalue weighted by Crippen LogP contribution is 2.33. The van der Waals surface area contributed by atoms with Crippen LogP contribution in [-0.2, 0) is 4.79 Å². The summed E-state index contributed by atoms with van der Waals surface area (Å²) in [6.45, 7) is 2.46. The maximum absolute atomic E-state index is 13.5. The molecular weight excluding hydrogens is 267 g/mol. The molecule has 0 bridgehead atoms. The molecule has 0 radical (unpaired) electrons. The predicted molar refractivity (Wildman–Crippen MR) is 82.1 cm³/mol. The Morgan fingerprint density at radius 2 is 2.14 bits per heavy atom. The molecule has 4 heteroatoms. The molecule has 2 aromatic rings. The molecular formula is C17H17FN2O. The second kappa shape index (κ2) is 5.56. The van der Waals surface area contributed by atoms with Gasteiger partial charge in [0.15, 0.2) is 0 Å². The average Bonchev–Trinajstić information content (AvgIpc) is 2.86. The standard InChI is InChI=1S/C17H17FN2O/c1-11-6-7-13(9-15(11)18)20-17(21)8-12-10-19-16-5-3-2-4-14(12)16/h2-7,9,12,19H,8,10H2,1H3,(H,20,21). The number of benzene rings is 2. The predicted octanol–water partition coefficient (Wildman–Crippen LogP) is 3.67. The lowest BCUT2D eigenvalue weighted by molar-refractivity contribution is -0.116. The van der Waals surface area contributed by atoms with Crippen LogP contribution in [0, 0.1) is 12.7 Å². The summed E-state index contributed by atoms with van der Waals surface area (Å²) >= 11 is 0. The lowest BCUT2D eigenvalue weighted by Gasteiger charge is -2.11. The van der Waals surface area contributed by atoms with E-state index < -0.39 is 0 Å². The van der Waals surface area contributed by atoms with Gasteiger partial charge in [-0.3, -0.25) is 4.79 Å². The van der Waals surface area contributed by atoms with Gasteiger partial charge in [-0.2, -0.15) is 0 Å².